The number of halogens is 1. The summed E-state index contributed by atoms with van der Waals surface area (Å²) in [6.07, 6.45) is 1.86. The lowest BCUT2D eigenvalue weighted by Crippen LogP contribution is -2.02. The van der Waals surface area contributed by atoms with E-state index in [2.05, 4.69) is 10.4 Å². The Labute approximate surface area is 137 Å². The van der Waals surface area contributed by atoms with Crippen LogP contribution < -0.4 is 5.32 Å². The fraction of sp³-hybridized carbons (Fsp3) is 0.118. The molecule has 2 aromatic carbocycles. The van der Waals surface area contributed by atoms with Crippen molar-refractivity contribution >= 4 is 11.4 Å². The van der Waals surface area contributed by atoms with Crippen molar-refractivity contribution in [2.45, 2.75) is 6.54 Å². The number of anilines is 1. The van der Waals surface area contributed by atoms with E-state index in [9.17, 15) is 14.5 Å². The van der Waals surface area contributed by atoms with Gasteiger partial charge in [0, 0.05) is 37.0 Å². The van der Waals surface area contributed by atoms with E-state index in [1.54, 1.807) is 4.68 Å². The third-order valence-corrected chi connectivity index (χ3v) is 3.58. The van der Waals surface area contributed by atoms with Crippen LogP contribution in [0.3, 0.4) is 0 Å². The Bertz CT molecular complexity index is 878. The second kappa shape index (κ2) is 6.49. The monoisotopic (exact) mass is 326 g/mol. The Kier molecular flexibility index (Phi) is 4.24. The first-order valence-electron chi connectivity index (χ1n) is 7.30. The molecule has 0 atom stereocenters. The van der Waals surface area contributed by atoms with Crippen molar-refractivity contribution in [2.75, 3.05) is 5.32 Å². The standard InChI is InChI=1S/C17H15FN4O2/c1-21-11-13(17(20-21)12-5-3-2-4-6-12)10-19-16-8-7-14(22(23)24)9-15(16)18/h2-9,11,19H,10H2,1H3. The van der Waals surface area contributed by atoms with Gasteiger partial charge < -0.3 is 5.32 Å². The summed E-state index contributed by atoms with van der Waals surface area (Å²) in [5, 5.41) is 18.1. The van der Waals surface area contributed by atoms with Crippen molar-refractivity contribution in [2.24, 2.45) is 7.05 Å². The SMILES string of the molecule is Cn1cc(CNc2ccc([N+](=O)[O-])cc2F)c(-c2ccccc2)n1. The van der Waals surface area contributed by atoms with Crippen molar-refractivity contribution < 1.29 is 9.31 Å². The first-order valence-corrected chi connectivity index (χ1v) is 7.30. The highest BCUT2D eigenvalue weighted by Gasteiger charge is 2.13. The second-order valence-electron chi connectivity index (χ2n) is 5.32. The predicted molar refractivity (Wildman–Crippen MR) is 89.0 cm³/mol. The number of nitrogens with zero attached hydrogens (tertiary/aromatic N) is 3. The van der Waals surface area contributed by atoms with Crippen molar-refractivity contribution in [1.29, 1.82) is 0 Å². The lowest BCUT2D eigenvalue weighted by atomic mass is 10.1. The summed E-state index contributed by atoms with van der Waals surface area (Å²) in [6.45, 7) is 0.354. The van der Waals surface area contributed by atoms with Gasteiger partial charge in [0.1, 0.15) is 0 Å². The van der Waals surface area contributed by atoms with Gasteiger partial charge in [-0.25, -0.2) is 4.39 Å². The van der Waals surface area contributed by atoms with E-state index in [0.29, 0.717) is 6.54 Å². The van der Waals surface area contributed by atoms with E-state index < -0.39 is 10.7 Å². The summed E-state index contributed by atoms with van der Waals surface area (Å²) in [4.78, 5) is 10.0. The molecule has 3 rings (SSSR count). The molecule has 0 radical (unpaired) electrons. The number of nitro benzene ring substituents is 1. The molecule has 6 nitrogen and oxygen atoms in total. The number of nitrogens with one attached hydrogen (secondary N) is 1. The average molecular weight is 326 g/mol. The maximum absolute atomic E-state index is 14.0. The molecule has 0 unspecified atom stereocenters. The lowest BCUT2D eigenvalue weighted by molar-refractivity contribution is -0.385. The van der Waals surface area contributed by atoms with Gasteiger partial charge in [-0.2, -0.15) is 5.10 Å². The number of hydrogen-bond acceptors (Lipinski definition) is 4. The minimum atomic E-state index is -0.658. The molecule has 0 bridgehead atoms. The van der Waals surface area contributed by atoms with Crippen LogP contribution in [0.2, 0.25) is 0 Å². The highest BCUT2D eigenvalue weighted by Crippen LogP contribution is 2.24. The quantitative estimate of drug-likeness (QED) is 0.572. The molecular weight excluding hydrogens is 311 g/mol. The minimum absolute atomic E-state index is 0.212. The molecule has 0 saturated carbocycles. The fourth-order valence-electron chi connectivity index (χ4n) is 2.46. The Morgan fingerprint density at radius 1 is 1.25 bits per heavy atom. The van der Waals surface area contributed by atoms with Crippen LogP contribution in [-0.4, -0.2) is 14.7 Å². The van der Waals surface area contributed by atoms with E-state index in [1.807, 2.05) is 43.6 Å². The van der Waals surface area contributed by atoms with E-state index in [0.717, 1.165) is 22.9 Å². The summed E-state index contributed by atoms with van der Waals surface area (Å²) >= 11 is 0. The number of aromatic nitrogens is 2. The van der Waals surface area contributed by atoms with E-state index in [4.69, 9.17) is 0 Å². The molecule has 0 saturated heterocycles. The zero-order chi connectivity index (χ0) is 17.1. The van der Waals surface area contributed by atoms with Crippen molar-refractivity contribution in [3.05, 3.63) is 76.2 Å². The second-order valence-corrected chi connectivity index (χ2v) is 5.32. The molecule has 0 aliphatic carbocycles. The third-order valence-electron chi connectivity index (χ3n) is 3.58. The Hall–Kier alpha value is -3.22. The predicted octanol–water partition coefficient (Wildman–Crippen LogP) is 3.75. The van der Waals surface area contributed by atoms with Crippen molar-refractivity contribution in [3.63, 3.8) is 0 Å². The number of rotatable bonds is 5. The molecule has 7 heteroatoms. The number of non-ortho nitro benzene ring substituents is 1. The molecule has 3 aromatic rings. The van der Waals surface area contributed by atoms with Crippen LogP contribution in [0.1, 0.15) is 5.56 Å². The van der Waals surface area contributed by atoms with E-state index in [1.165, 1.54) is 12.1 Å². The minimum Gasteiger partial charge on any atom is -0.378 e. The van der Waals surface area contributed by atoms with Crippen LogP contribution in [0.25, 0.3) is 11.3 Å². The van der Waals surface area contributed by atoms with Gasteiger partial charge in [0.2, 0.25) is 0 Å². The van der Waals surface area contributed by atoms with E-state index >= 15 is 0 Å². The number of aryl methyl sites for hydroxylation is 1. The Morgan fingerprint density at radius 2 is 2.00 bits per heavy atom. The first kappa shape index (κ1) is 15.7. The smallest absolute Gasteiger partial charge is 0.272 e. The van der Waals surface area contributed by atoms with Gasteiger partial charge in [0.05, 0.1) is 22.4 Å². The summed E-state index contributed by atoms with van der Waals surface area (Å²) in [7, 11) is 1.82. The van der Waals surface area contributed by atoms with Crippen LogP contribution in [-0.2, 0) is 13.6 Å². The normalized spacial score (nSPS) is 10.6. The van der Waals surface area contributed by atoms with Gasteiger partial charge in [-0.05, 0) is 6.07 Å². The summed E-state index contributed by atoms with van der Waals surface area (Å²) in [5.41, 5.74) is 2.63. The van der Waals surface area contributed by atoms with Gasteiger partial charge in [0.25, 0.3) is 5.69 Å². The zero-order valence-electron chi connectivity index (χ0n) is 12.9. The third kappa shape index (κ3) is 3.24. The van der Waals surface area contributed by atoms with Crippen LogP contribution in [0.4, 0.5) is 15.8 Å². The molecule has 1 N–H and O–H groups in total. The van der Waals surface area contributed by atoms with Gasteiger partial charge in [0.15, 0.2) is 5.82 Å². The van der Waals surface area contributed by atoms with Crippen molar-refractivity contribution in [3.8, 4) is 11.3 Å². The molecular formula is C17H15FN4O2. The maximum atomic E-state index is 14.0. The number of nitro groups is 1. The maximum Gasteiger partial charge on any atom is 0.272 e. The van der Waals surface area contributed by atoms with Crippen LogP contribution >= 0.6 is 0 Å². The Balaban J connectivity index is 1.82. The summed E-state index contributed by atoms with van der Waals surface area (Å²) < 4.78 is 15.7. The van der Waals surface area contributed by atoms with Crippen LogP contribution in [0, 0.1) is 15.9 Å². The van der Waals surface area contributed by atoms with Gasteiger partial charge in [-0.3, -0.25) is 14.8 Å². The topological polar surface area (TPSA) is 73.0 Å². The molecule has 24 heavy (non-hydrogen) atoms. The molecule has 0 amide bonds. The van der Waals surface area contributed by atoms with Gasteiger partial charge >= 0.3 is 0 Å². The molecule has 0 aliphatic heterocycles. The van der Waals surface area contributed by atoms with Gasteiger partial charge in [-0.1, -0.05) is 30.3 Å². The molecule has 0 fully saturated rings. The van der Waals surface area contributed by atoms with Gasteiger partial charge in [-0.15, -0.1) is 0 Å². The van der Waals surface area contributed by atoms with Crippen LogP contribution in [0.5, 0.6) is 0 Å². The van der Waals surface area contributed by atoms with Crippen LogP contribution in [0.15, 0.2) is 54.7 Å². The highest BCUT2D eigenvalue weighted by molar-refractivity contribution is 5.63. The molecule has 1 aromatic heterocycles. The lowest BCUT2D eigenvalue weighted by Gasteiger charge is -2.07. The van der Waals surface area contributed by atoms with E-state index in [-0.39, 0.29) is 11.4 Å². The summed E-state index contributed by atoms with van der Waals surface area (Å²) in [5.74, 6) is -0.658. The number of hydrogen-bond donors (Lipinski definition) is 1. The molecule has 0 spiro atoms. The largest absolute Gasteiger partial charge is 0.378 e. The molecule has 1 heterocycles. The average Bonchev–Trinajstić information content (AvgIpc) is 2.95. The zero-order valence-corrected chi connectivity index (χ0v) is 12.9. The highest BCUT2D eigenvalue weighted by atomic mass is 19.1. The Morgan fingerprint density at radius 3 is 2.67 bits per heavy atom. The first-order chi connectivity index (χ1) is 11.5. The van der Waals surface area contributed by atoms with Crippen molar-refractivity contribution in [1.82, 2.24) is 9.78 Å². The summed E-state index contributed by atoms with van der Waals surface area (Å²) in [6, 6.07) is 13.2. The molecule has 0 aliphatic rings. The molecule has 122 valence electrons. The number of benzene rings is 2. The fourth-order valence-corrected chi connectivity index (χ4v) is 2.46.